The van der Waals surface area contributed by atoms with E-state index in [2.05, 4.69) is 15.1 Å². The minimum absolute atomic E-state index is 0.0423. The van der Waals surface area contributed by atoms with Gasteiger partial charge < -0.3 is 14.3 Å². The number of pyridine rings is 2. The quantitative estimate of drug-likeness (QED) is 0.476. The van der Waals surface area contributed by atoms with Crippen LogP contribution in [0.15, 0.2) is 28.9 Å². The second-order valence-corrected chi connectivity index (χ2v) is 7.61. The van der Waals surface area contributed by atoms with Crippen molar-refractivity contribution in [2.24, 2.45) is 0 Å². The molecule has 0 aliphatic carbocycles. The minimum atomic E-state index is -0.471. The van der Waals surface area contributed by atoms with Crippen LogP contribution < -0.4 is 4.90 Å². The fourth-order valence-electron chi connectivity index (χ4n) is 3.56. The first-order chi connectivity index (χ1) is 14.3. The Hall–Kier alpha value is -3.56. The Labute approximate surface area is 172 Å². The van der Waals surface area contributed by atoms with Crippen molar-refractivity contribution in [3.63, 3.8) is 0 Å². The fraction of sp³-hybridized carbons (Fsp3) is 0.400. The number of carbonyl (C=O) groups excluding carboxylic acids is 1. The van der Waals surface area contributed by atoms with Gasteiger partial charge in [0.15, 0.2) is 0 Å². The van der Waals surface area contributed by atoms with Gasteiger partial charge in [0.1, 0.15) is 12.0 Å². The Morgan fingerprint density at radius 2 is 1.97 bits per heavy atom. The molecule has 1 aliphatic heterocycles. The number of aromatic nitrogens is 3. The molecule has 1 saturated heterocycles. The molecule has 3 aromatic rings. The van der Waals surface area contributed by atoms with Gasteiger partial charge in [0.25, 0.3) is 17.3 Å². The third-order valence-electron chi connectivity index (χ3n) is 5.29. The molecule has 0 saturated carbocycles. The number of carbonyl (C=O) groups is 1. The SMILES string of the molecule is Cc1noc2nc(C(C)C)cc(C(=O)N3CCN(c4ccc([N+](=O)[O-])cn4)CC3)c12. The van der Waals surface area contributed by atoms with Crippen molar-refractivity contribution < 1.29 is 14.2 Å². The van der Waals surface area contributed by atoms with Crippen LogP contribution in [0.3, 0.4) is 0 Å². The van der Waals surface area contributed by atoms with Gasteiger partial charge in [-0.3, -0.25) is 14.9 Å². The number of aryl methyl sites for hydroxylation is 1. The Balaban J connectivity index is 1.53. The molecule has 30 heavy (non-hydrogen) atoms. The van der Waals surface area contributed by atoms with Crippen molar-refractivity contribution in [3.8, 4) is 0 Å². The number of rotatable bonds is 4. The van der Waals surface area contributed by atoms with E-state index in [-0.39, 0.29) is 17.5 Å². The van der Waals surface area contributed by atoms with Crippen LogP contribution >= 0.6 is 0 Å². The molecule has 1 amide bonds. The molecule has 4 rings (SSSR count). The summed E-state index contributed by atoms with van der Waals surface area (Å²) in [4.78, 5) is 36.1. The van der Waals surface area contributed by atoms with E-state index in [1.54, 1.807) is 17.9 Å². The van der Waals surface area contributed by atoms with E-state index in [1.807, 2.05) is 24.8 Å². The number of nitrogens with zero attached hydrogens (tertiary/aromatic N) is 6. The molecule has 10 nitrogen and oxygen atoms in total. The lowest BCUT2D eigenvalue weighted by Crippen LogP contribution is -2.49. The molecule has 10 heteroatoms. The van der Waals surface area contributed by atoms with E-state index >= 15 is 0 Å². The maximum absolute atomic E-state index is 13.3. The van der Waals surface area contributed by atoms with Crippen LogP contribution in [0.5, 0.6) is 0 Å². The van der Waals surface area contributed by atoms with Crippen molar-refractivity contribution >= 4 is 28.5 Å². The first kappa shape index (κ1) is 19.7. The van der Waals surface area contributed by atoms with E-state index in [0.29, 0.717) is 54.4 Å². The molecule has 0 N–H and O–H groups in total. The van der Waals surface area contributed by atoms with Crippen molar-refractivity contribution in [2.45, 2.75) is 26.7 Å². The first-order valence-electron chi connectivity index (χ1n) is 9.76. The van der Waals surface area contributed by atoms with Crippen LogP contribution in [0.1, 0.15) is 41.5 Å². The summed E-state index contributed by atoms with van der Waals surface area (Å²) >= 11 is 0. The highest BCUT2D eigenvalue weighted by atomic mass is 16.6. The molecule has 1 aliphatic rings. The molecule has 0 unspecified atom stereocenters. The topological polar surface area (TPSA) is 119 Å². The maximum Gasteiger partial charge on any atom is 0.287 e. The van der Waals surface area contributed by atoms with E-state index in [1.165, 1.54) is 12.3 Å². The van der Waals surface area contributed by atoms with E-state index in [0.717, 1.165) is 5.69 Å². The molecule has 0 radical (unpaired) electrons. The summed E-state index contributed by atoms with van der Waals surface area (Å²) in [6.45, 7) is 8.04. The van der Waals surface area contributed by atoms with Crippen molar-refractivity contribution in [2.75, 3.05) is 31.1 Å². The molecule has 4 heterocycles. The molecular weight excluding hydrogens is 388 g/mol. The molecule has 0 bridgehead atoms. The summed E-state index contributed by atoms with van der Waals surface area (Å²) in [6.07, 6.45) is 1.25. The molecule has 0 atom stereocenters. The zero-order valence-corrected chi connectivity index (χ0v) is 17.0. The highest BCUT2D eigenvalue weighted by Crippen LogP contribution is 2.27. The van der Waals surface area contributed by atoms with Gasteiger partial charge in [0.05, 0.1) is 21.6 Å². The number of piperazine rings is 1. The van der Waals surface area contributed by atoms with Crippen LogP contribution in [0, 0.1) is 17.0 Å². The van der Waals surface area contributed by atoms with Gasteiger partial charge in [-0.15, -0.1) is 0 Å². The van der Waals surface area contributed by atoms with Gasteiger partial charge >= 0.3 is 0 Å². The fourth-order valence-corrected chi connectivity index (χ4v) is 3.56. The predicted octanol–water partition coefficient (Wildman–Crippen LogP) is 2.92. The third-order valence-corrected chi connectivity index (χ3v) is 5.29. The zero-order valence-electron chi connectivity index (χ0n) is 17.0. The largest absolute Gasteiger partial charge is 0.353 e. The summed E-state index contributed by atoms with van der Waals surface area (Å²) in [6, 6.07) is 4.91. The highest BCUT2D eigenvalue weighted by molar-refractivity contribution is 6.06. The number of hydrogen-bond donors (Lipinski definition) is 0. The van der Waals surface area contributed by atoms with Gasteiger partial charge in [0.2, 0.25) is 0 Å². The Morgan fingerprint density at radius 3 is 2.57 bits per heavy atom. The van der Waals surface area contributed by atoms with Crippen LogP contribution in [0.2, 0.25) is 0 Å². The van der Waals surface area contributed by atoms with Gasteiger partial charge in [-0.25, -0.2) is 9.97 Å². The van der Waals surface area contributed by atoms with Gasteiger partial charge in [-0.05, 0) is 25.0 Å². The van der Waals surface area contributed by atoms with E-state index in [4.69, 9.17) is 4.52 Å². The summed E-state index contributed by atoms with van der Waals surface area (Å²) in [5.74, 6) is 0.735. The number of fused-ring (bicyclic) bond motifs is 1. The predicted molar refractivity (Wildman–Crippen MR) is 110 cm³/mol. The van der Waals surface area contributed by atoms with Crippen LogP contribution in [0.25, 0.3) is 11.1 Å². The molecule has 1 fully saturated rings. The average molecular weight is 410 g/mol. The lowest BCUT2D eigenvalue weighted by Gasteiger charge is -2.35. The van der Waals surface area contributed by atoms with E-state index < -0.39 is 4.92 Å². The highest BCUT2D eigenvalue weighted by Gasteiger charge is 2.27. The average Bonchev–Trinajstić information content (AvgIpc) is 3.13. The van der Waals surface area contributed by atoms with Crippen LogP contribution in [-0.4, -0.2) is 57.0 Å². The Bertz CT molecular complexity index is 1100. The lowest BCUT2D eigenvalue weighted by atomic mass is 10.0. The summed E-state index contributed by atoms with van der Waals surface area (Å²) in [5.41, 5.74) is 2.33. The van der Waals surface area contributed by atoms with Gasteiger partial charge in [0, 0.05) is 37.9 Å². The maximum atomic E-state index is 13.3. The molecule has 156 valence electrons. The molecular formula is C20H22N6O4. The van der Waals surface area contributed by atoms with E-state index in [9.17, 15) is 14.9 Å². The van der Waals surface area contributed by atoms with Gasteiger partial charge in [-0.1, -0.05) is 19.0 Å². The second kappa shape index (κ2) is 7.69. The third kappa shape index (κ3) is 3.56. The summed E-state index contributed by atoms with van der Waals surface area (Å²) in [7, 11) is 0. The lowest BCUT2D eigenvalue weighted by molar-refractivity contribution is -0.385. The van der Waals surface area contributed by atoms with Gasteiger partial charge in [-0.2, -0.15) is 0 Å². The Morgan fingerprint density at radius 1 is 1.23 bits per heavy atom. The van der Waals surface area contributed by atoms with Crippen molar-refractivity contribution in [1.82, 2.24) is 20.0 Å². The standard InChI is InChI=1S/C20H22N6O4/c1-12(2)16-10-15(18-13(3)23-30-19(18)22-16)20(27)25-8-6-24(7-9-25)17-5-4-14(11-21-17)26(28)29/h4-5,10-12H,6-9H2,1-3H3. The van der Waals surface area contributed by atoms with Crippen molar-refractivity contribution in [3.05, 3.63) is 51.5 Å². The number of anilines is 1. The van der Waals surface area contributed by atoms with Crippen molar-refractivity contribution in [1.29, 1.82) is 0 Å². The molecule has 0 aromatic carbocycles. The monoisotopic (exact) mass is 410 g/mol. The zero-order chi connectivity index (χ0) is 21.4. The number of amides is 1. The molecule has 3 aromatic heterocycles. The Kier molecular flexibility index (Phi) is 5.06. The van der Waals surface area contributed by atoms with Crippen LogP contribution in [-0.2, 0) is 0 Å². The number of hydrogen-bond acceptors (Lipinski definition) is 8. The first-order valence-corrected chi connectivity index (χ1v) is 9.76. The number of nitro groups is 1. The smallest absolute Gasteiger partial charge is 0.287 e. The minimum Gasteiger partial charge on any atom is -0.353 e. The normalized spacial score (nSPS) is 14.5. The van der Waals surface area contributed by atoms with Crippen LogP contribution in [0.4, 0.5) is 11.5 Å². The summed E-state index contributed by atoms with van der Waals surface area (Å²) in [5, 5.41) is 15.4. The molecule has 0 spiro atoms. The summed E-state index contributed by atoms with van der Waals surface area (Å²) < 4.78 is 5.32. The second-order valence-electron chi connectivity index (χ2n) is 7.61.